The fourth-order valence-corrected chi connectivity index (χ4v) is 14.6. The van der Waals surface area contributed by atoms with Crippen molar-refractivity contribution in [3.05, 3.63) is 0 Å². The van der Waals surface area contributed by atoms with Gasteiger partial charge in [0.2, 0.25) is 0 Å². The molecule has 0 bridgehead atoms. The van der Waals surface area contributed by atoms with Crippen LogP contribution in [0.2, 0.25) is 0 Å². The first-order valence-electron chi connectivity index (χ1n) is 43.5. The van der Waals surface area contributed by atoms with E-state index in [9.17, 15) is 43.2 Å². The number of esters is 4. The van der Waals surface area contributed by atoms with E-state index in [1.54, 1.807) is 0 Å². The molecule has 0 saturated heterocycles. The van der Waals surface area contributed by atoms with Gasteiger partial charge in [-0.3, -0.25) is 37.3 Å². The maximum Gasteiger partial charge on any atom is 0.472 e. The number of phosphoric ester groups is 2. The fraction of sp³-hybridized carbons (Fsp3) is 0.952. The molecule has 0 radical (unpaired) electrons. The molecule has 0 aliphatic heterocycles. The first-order valence-corrected chi connectivity index (χ1v) is 46.5. The van der Waals surface area contributed by atoms with Crippen LogP contribution in [0.25, 0.3) is 0 Å². The summed E-state index contributed by atoms with van der Waals surface area (Å²) < 4.78 is 68.8. The molecular weight excluding hydrogens is 1340 g/mol. The van der Waals surface area contributed by atoms with Gasteiger partial charge in [-0.2, -0.15) is 0 Å². The Bertz CT molecular complexity index is 1980. The van der Waals surface area contributed by atoms with Crippen molar-refractivity contribution in [2.75, 3.05) is 39.6 Å². The Labute approximate surface area is 632 Å². The maximum atomic E-state index is 13.1. The Morgan fingerprint density at radius 3 is 0.660 bits per heavy atom. The molecule has 0 aromatic carbocycles. The number of hydrogen-bond acceptors (Lipinski definition) is 15. The zero-order valence-corrected chi connectivity index (χ0v) is 69.4. The zero-order chi connectivity index (χ0) is 75.6. The van der Waals surface area contributed by atoms with Gasteiger partial charge in [0.1, 0.15) is 19.3 Å². The Hall–Kier alpha value is -1.94. The molecule has 612 valence electrons. The average Bonchev–Trinajstić information content (AvgIpc) is 0.928. The molecule has 0 aromatic rings. The van der Waals surface area contributed by atoms with Crippen LogP contribution in [-0.2, 0) is 65.4 Å². The molecule has 0 spiro atoms. The van der Waals surface area contributed by atoms with E-state index in [1.165, 1.54) is 263 Å². The number of carbonyl (C=O) groups is 4. The predicted octanol–water partition coefficient (Wildman–Crippen LogP) is 25.5. The van der Waals surface area contributed by atoms with E-state index in [-0.39, 0.29) is 25.7 Å². The highest BCUT2D eigenvalue weighted by molar-refractivity contribution is 7.47. The third-order valence-corrected chi connectivity index (χ3v) is 21.6. The monoisotopic (exact) mass is 1510 g/mol. The van der Waals surface area contributed by atoms with Crippen molar-refractivity contribution in [3.63, 3.8) is 0 Å². The summed E-state index contributed by atoms with van der Waals surface area (Å²) in [5.41, 5.74) is 0. The van der Waals surface area contributed by atoms with Gasteiger partial charge in [0.15, 0.2) is 12.2 Å². The normalized spacial score (nSPS) is 13.9. The fourth-order valence-electron chi connectivity index (χ4n) is 13.1. The van der Waals surface area contributed by atoms with Crippen molar-refractivity contribution in [2.24, 2.45) is 11.8 Å². The third kappa shape index (κ3) is 78.0. The van der Waals surface area contributed by atoms with Gasteiger partial charge in [-0.1, -0.05) is 395 Å². The molecule has 0 saturated carbocycles. The van der Waals surface area contributed by atoms with Gasteiger partial charge in [-0.05, 0) is 37.5 Å². The lowest BCUT2D eigenvalue weighted by Gasteiger charge is -2.21. The van der Waals surface area contributed by atoms with E-state index in [2.05, 4.69) is 41.5 Å². The summed E-state index contributed by atoms with van der Waals surface area (Å²) in [6.07, 6.45) is 66.6. The lowest BCUT2D eigenvalue weighted by Crippen LogP contribution is -2.30. The SMILES string of the molecule is CCCCCCCCCCCCCCCCCCCCCCCCC(=O)O[C@H](COC(=O)CCCCCCCCCCCCCC(C)C)COP(=O)(O)OC[C@@H](O)COP(=O)(O)OC[C@@H](COC(=O)CCCCCCCCCCCCC(C)C)OC(=O)CCCCCCCCCCCCCCCC. The summed E-state index contributed by atoms with van der Waals surface area (Å²) in [5.74, 6) is -0.575. The number of phosphoric acid groups is 2. The van der Waals surface area contributed by atoms with Crippen molar-refractivity contribution in [2.45, 2.75) is 464 Å². The number of ether oxygens (including phenoxy) is 4. The topological polar surface area (TPSA) is 237 Å². The molecule has 0 aromatic heterocycles. The van der Waals surface area contributed by atoms with Crippen molar-refractivity contribution in [3.8, 4) is 0 Å². The molecule has 5 atom stereocenters. The molecule has 19 heteroatoms. The van der Waals surface area contributed by atoms with Gasteiger partial charge in [0, 0.05) is 25.7 Å². The molecule has 103 heavy (non-hydrogen) atoms. The predicted molar refractivity (Wildman–Crippen MR) is 423 cm³/mol. The molecule has 0 heterocycles. The molecule has 0 aliphatic rings. The number of carbonyl (C=O) groups excluding carboxylic acids is 4. The molecule has 3 N–H and O–H groups in total. The van der Waals surface area contributed by atoms with Crippen LogP contribution in [0.15, 0.2) is 0 Å². The lowest BCUT2D eigenvalue weighted by molar-refractivity contribution is -0.161. The highest BCUT2D eigenvalue weighted by Crippen LogP contribution is 2.45. The van der Waals surface area contributed by atoms with Crippen LogP contribution >= 0.6 is 15.6 Å². The van der Waals surface area contributed by atoms with Gasteiger partial charge >= 0.3 is 39.5 Å². The Morgan fingerprint density at radius 2 is 0.447 bits per heavy atom. The molecule has 0 aliphatic carbocycles. The van der Waals surface area contributed by atoms with Crippen LogP contribution in [0.3, 0.4) is 0 Å². The molecule has 2 unspecified atom stereocenters. The molecular formula is C84H164O17P2. The Balaban J connectivity index is 5.23. The van der Waals surface area contributed by atoms with E-state index in [1.807, 2.05) is 0 Å². The van der Waals surface area contributed by atoms with Crippen LogP contribution in [0.5, 0.6) is 0 Å². The van der Waals surface area contributed by atoms with Gasteiger partial charge in [0.05, 0.1) is 26.4 Å². The minimum absolute atomic E-state index is 0.108. The van der Waals surface area contributed by atoms with Crippen molar-refractivity contribution < 1.29 is 80.2 Å². The van der Waals surface area contributed by atoms with Crippen molar-refractivity contribution >= 4 is 39.5 Å². The van der Waals surface area contributed by atoms with E-state index < -0.39 is 97.5 Å². The number of hydrogen-bond donors (Lipinski definition) is 3. The maximum absolute atomic E-state index is 13.1. The van der Waals surface area contributed by atoms with Crippen LogP contribution < -0.4 is 0 Å². The Kier molecular flexibility index (Phi) is 74.1. The van der Waals surface area contributed by atoms with E-state index >= 15 is 0 Å². The molecule has 17 nitrogen and oxygen atoms in total. The first-order chi connectivity index (χ1) is 49.9. The number of aliphatic hydroxyl groups is 1. The quantitative estimate of drug-likeness (QED) is 0.0222. The molecule has 0 fully saturated rings. The van der Waals surface area contributed by atoms with Crippen LogP contribution in [-0.4, -0.2) is 96.7 Å². The van der Waals surface area contributed by atoms with Crippen LogP contribution in [0.1, 0.15) is 446 Å². The van der Waals surface area contributed by atoms with Gasteiger partial charge < -0.3 is 33.8 Å². The number of aliphatic hydroxyl groups excluding tert-OH is 1. The average molecular weight is 1510 g/mol. The summed E-state index contributed by atoms with van der Waals surface area (Å²) in [6, 6.07) is 0. The molecule has 0 rings (SSSR count). The van der Waals surface area contributed by atoms with Crippen molar-refractivity contribution in [1.29, 1.82) is 0 Å². The largest absolute Gasteiger partial charge is 0.472 e. The summed E-state index contributed by atoms with van der Waals surface area (Å²) >= 11 is 0. The third-order valence-electron chi connectivity index (χ3n) is 19.7. The summed E-state index contributed by atoms with van der Waals surface area (Å²) in [4.78, 5) is 73.2. The minimum atomic E-state index is -4.96. The standard InChI is InChI=1S/C84H164O17P2/c1-7-9-11-13-15-17-19-21-23-24-25-26-27-28-29-30-32-36-45-51-57-63-69-84(89)100-79(72-94-81(86)66-60-54-48-42-37-33-34-40-46-52-58-64-76(3)4)74-98-102(90,91)96-70-78(85)71-97-103(92,93)99-75-80(73-95-82(87)67-61-55-49-43-39-38-41-47-53-59-65-77(5)6)101-83(88)68-62-56-50-44-35-31-22-20-18-16-14-12-10-8-2/h76-80,85H,7-75H2,1-6H3,(H,90,91)(H,92,93)/t78-,79-,80-/m1/s1. The second-order valence-corrected chi connectivity index (χ2v) is 34.1. The Morgan fingerprint density at radius 1 is 0.262 bits per heavy atom. The second kappa shape index (κ2) is 75.5. The zero-order valence-electron chi connectivity index (χ0n) is 67.6. The first kappa shape index (κ1) is 101. The summed E-state index contributed by atoms with van der Waals surface area (Å²) in [5, 5.41) is 10.7. The number of rotatable bonds is 83. The smallest absolute Gasteiger partial charge is 0.462 e. The van der Waals surface area contributed by atoms with E-state index in [4.69, 9.17) is 37.0 Å². The second-order valence-electron chi connectivity index (χ2n) is 31.2. The molecule has 0 amide bonds. The summed E-state index contributed by atoms with van der Waals surface area (Å²) in [6.45, 7) is 9.65. The van der Waals surface area contributed by atoms with Crippen LogP contribution in [0, 0.1) is 11.8 Å². The summed E-state index contributed by atoms with van der Waals surface area (Å²) in [7, 11) is -9.92. The van der Waals surface area contributed by atoms with E-state index in [0.29, 0.717) is 25.7 Å². The van der Waals surface area contributed by atoms with Crippen molar-refractivity contribution in [1.82, 2.24) is 0 Å². The minimum Gasteiger partial charge on any atom is -0.462 e. The lowest BCUT2D eigenvalue weighted by atomic mass is 10.0. The van der Waals surface area contributed by atoms with Gasteiger partial charge in [0.25, 0.3) is 0 Å². The van der Waals surface area contributed by atoms with E-state index in [0.717, 1.165) is 102 Å². The van der Waals surface area contributed by atoms with Crippen LogP contribution in [0.4, 0.5) is 0 Å². The highest BCUT2D eigenvalue weighted by atomic mass is 31.2. The van der Waals surface area contributed by atoms with Gasteiger partial charge in [-0.25, -0.2) is 9.13 Å². The number of unbranched alkanes of at least 4 members (excludes halogenated alkanes) is 53. The van der Waals surface area contributed by atoms with Gasteiger partial charge in [-0.15, -0.1) is 0 Å². The highest BCUT2D eigenvalue weighted by Gasteiger charge is 2.30.